The predicted octanol–water partition coefficient (Wildman–Crippen LogP) is 0.951. The summed E-state index contributed by atoms with van der Waals surface area (Å²) in [7, 11) is 0. The molecule has 0 bridgehead atoms. The SMILES string of the molecule is C=CC[C@@H](N)c1ccc[nH]c1=O. The maximum Gasteiger partial charge on any atom is 0.252 e. The molecular formula is C9H12N2O. The molecule has 64 valence electrons. The van der Waals surface area contributed by atoms with Gasteiger partial charge in [-0.3, -0.25) is 4.79 Å². The molecule has 1 aromatic heterocycles. The maximum atomic E-state index is 11.2. The van der Waals surface area contributed by atoms with Gasteiger partial charge in [-0.2, -0.15) is 0 Å². The van der Waals surface area contributed by atoms with Crippen molar-refractivity contribution in [2.45, 2.75) is 12.5 Å². The van der Waals surface area contributed by atoms with Crippen molar-refractivity contribution in [1.29, 1.82) is 0 Å². The summed E-state index contributed by atoms with van der Waals surface area (Å²) in [5, 5.41) is 0. The number of H-pyrrole nitrogens is 1. The zero-order valence-corrected chi connectivity index (χ0v) is 6.79. The molecule has 0 spiro atoms. The van der Waals surface area contributed by atoms with E-state index >= 15 is 0 Å². The fourth-order valence-corrected chi connectivity index (χ4v) is 1.03. The normalized spacial score (nSPS) is 12.4. The van der Waals surface area contributed by atoms with Crippen molar-refractivity contribution < 1.29 is 0 Å². The molecule has 0 fully saturated rings. The number of rotatable bonds is 3. The van der Waals surface area contributed by atoms with Gasteiger partial charge in [-0.15, -0.1) is 6.58 Å². The molecule has 1 aromatic rings. The molecule has 0 aromatic carbocycles. The smallest absolute Gasteiger partial charge is 0.252 e. The number of pyridine rings is 1. The summed E-state index contributed by atoms with van der Waals surface area (Å²) >= 11 is 0. The van der Waals surface area contributed by atoms with Gasteiger partial charge in [0.05, 0.1) is 0 Å². The van der Waals surface area contributed by atoms with Crippen LogP contribution >= 0.6 is 0 Å². The molecule has 3 N–H and O–H groups in total. The zero-order chi connectivity index (χ0) is 8.97. The molecule has 0 unspecified atom stereocenters. The third kappa shape index (κ3) is 1.83. The lowest BCUT2D eigenvalue weighted by molar-refractivity contribution is 0.729. The quantitative estimate of drug-likeness (QED) is 0.653. The van der Waals surface area contributed by atoms with Crippen LogP contribution in [0.1, 0.15) is 18.0 Å². The first kappa shape index (κ1) is 8.74. The molecule has 0 saturated heterocycles. The van der Waals surface area contributed by atoms with Gasteiger partial charge in [0.25, 0.3) is 5.56 Å². The van der Waals surface area contributed by atoms with Crippen LogP contribution in [0.3, 0.4) is 0 Å². The first-order valence-corrected chi connectivity index (χ1v) is 3.79. The van der Waals surface area contributed by atoms with Gasteiger partial charge in [0.2, 0.25) is 0 Å². The molecule has 0 aliphatic rings. The van der Waals surface area contributed by atoms with Crippen LogP contribution in [0.25, 0.3) is 0 Å². The van der Waals surface area contributed by atoms with E-state index in [-0.39, 0.29) is 11.6 Å². The standard InChI is InChI=1S/C9H12N2O/c1-2-4-8(10)7-5-3-6-11-9(7)12/h2-3,5-6,8H,1,4,10H2,(H,11,12)/t8-/m1/s1. The maximum absolute atomic E-state index is 11.2. The molecular weight excluding hydrogens is 152 g/mol. The minimum atomic E-state index is -0.243. The lowest BCUT2D eigenvalue weighted by Gasteiger charge is -2.06. The predicted molar refractivity (Wildman–Crippen MR) is 48.8 cm³/mol. The Morgan fingerprint density at radius 2 is 2.50 bits per heavy atom. The van der Waals surface area contributed by atoms with E-state index < -0.39 is 0 Å². The fraction of sp³-hybridized carbons (Fsp3) is 0.222. The van der Waals surface area contributed by atoms with Crippen molar-refractivity contribution >= 4 is 0 Å². The minimum absolute atomic E-state index is 0.119. The highest BCUT2D eigenvalue weighted by molar-refractivity contribution is 5.14. The van der Waals surface area contributed by atoms with Crippen LogP contribution in [0, 0.1) is 0 Å². The van der Waals surface area contributed by atoms with Crippen molar-refractivity contribution in [1.82, 2.24) is 4.98 Å². The molecule has 0 aliphatic carbocycles. The van der Waals surface area contributed by atoms with Crippen LogP contribution < -0.4 is 11.3 Å². The molecule has 1 atom stereocenters. The van der Waals surface area contributed by atoms with Crippen LogP contribution in [-0.2, 0) is 0 Å². The van der Waals surface area contributed by atoms with E-state index in [1.54, 1.807) is 24.4 Å². The number of aromatic amines is 1. The summed E-state index contributed by atoms with van der Waals surface area (Å²) in [6.45, 7) is 3.56. The van der Waals surface area contributed by atoms with E-state index in [9.17, 15) is 4.79 Å². The summed E-state index contributed by atoms with van der Waals surface area (Å²) in [4.78, 5) is 13.7. The second kappa shape index (κ2) is 3.88. The highest BCUT2D eigenvalue weighted by Crippen LogP contribution is 2.07. The summed E-state index contributed by atoms with van der Waals surface area (Å²) in [6.07, 6.45) is 3.91. The molecule has 0 aliphatic heterocycles. The zero-order valence-electron chi connectivity index (χ0n) is 6.79. The van der Waals surface area contributed by atoms with Gasteiger partial charge >= 0.3 is 0 Å². The largest absolute Gasteiger partial charge is 0.329 e. The van der Waals surface area contributed by atoms with E-state index in [4.69, 9.17) is 5.73 Å². The molecule has 3 nitrogen and oxygen atoms in total. The third-order valence-corrected chi connectivity index (χ3v) is 1.67. The van der Waals surface area contributed by atoms with Gasteiger partial charge in [0.1, 0.15) is 0 Å². The number of nitrogens with one attached hydrogen (secondary N) is 1. The van der Waals surface area contributed by atoms with Crippen LogP contribution in [-0.4, -0.2) is 4.98 Å². The van der Waals surface area contributed by atoms with Crippen molar-refractivity contribution in [3.05, 3.63) is 46.9 Å². The Labute approximate surface area is 70.9 Å². The molecule has 0 amide bonds. The van der Waals surface area contributed by atoms with Gasteiger partial charge in [-0.25, -0.2) is 0 Å². The summed E-state index contributed by atoms with van der Waals surface area (Å²) < 4.78 is 0. The van der Waals surface area contributed by atoms with E-state index in [0.717, 1.165) is 0 Å². The van der Waals surface area contributed by atoms with Crippen molar-refractivity contribution in [3.8, 4) is 0 Å². The number of nitrogens with two attached hydrogens (primary N) is 1. The van der Waals surface area contributed by atoms with Crippen molar-refractivity contribution in [3.63, 3.8) is 0 Å². The second-order valence-corrected chi connectivity index (χ2v) is 2.59. The molecule has 1 rings (SSSR count). The highest BCUT2D eigenvalue weighted by Gasteiger charge is 2.06. The Morgan fingerprint density at radius 1 is 1.75 bits per heavy atom. The highest BCUT2D eigenvalue weighted by atomic mass is 16.1. The van der Waals surface area contributed by atoms with E-state index in [1.165, 1.54) is 0 Å². The Morgan fingerprint density at radius 3 is 3.08 bits per heavy atom. The second-order valence-electron chi connectivity index (χ2n) is 2.59. The molecule has 1 heterocycles. The summed E-state index contributed by atoms with van der Waals surface area (Å²) in [6, 6.07) is 3.25. The Hall–Kier alpha value is -1.35. The molecule has 12 heavy (non-hydrogen) atoms. The summed E-state index contributed by atoms with van der Waals surface area (Å²) in [5.41, 5.74) is 6.21. The lowest BCUT2D eigenvalue weighted by atomic mass is 10.1. The van der Waals surface area contributed by atoms with Crippen LogP contribution in [0.2, 0.25) is 0 Å². The monoisotopic (exact) mass is 164 g/mol. The van der Waals surface area contributed by atoms with Gasteiger partial charge in [0.15, 0.2) is 0 Å². The van der Waals surface area contributed by atoms with Crippen LogP contribution in [0.15, 0.2) is 35.8 Å². The number of hydrogen-bond acceptors (Lipinski definition) is 2. The van der Waals surface area contributed by atoms with E-state index in [2.05, 4.69) is 11.6 Å². The van der Waals surface area contributed by atoms with Gasteiger partial charge in [-0.05, 0) is 12.5 Å². The first-order valence-electron chi connectivity index (χ1n) is 3.79. The number of hydrogen-bond donors (Lipinski definition) is 2. The third-order valence-electron chi connectivity index (χ3n) is 1.67. The van der Waals surface area contributed by atoms with Gasteiger partial charge in [-0.1, -0.05) is 12.1 Å². The van der Waals surface area contributed by atoms with Crippen molar-refractivity contribution in [2.24, 2.45) is 5.73 Å². The lowest BCUT2D eigenvalue weighted by Crippen LogP contribution is -2.20. The first-order chi connectivity index (χ1) is 5.75. The molecule has 0 saturated carbocycles. The molecule has 0 radical (unpaired) electrons. The van der Waals surface area contributed by atoms with Crippen LogP contribution in [0.4, 0.5) is 0 Å². The Bertz CT molecular complexity index is 316. The Kier molecular flexibility index (Phi) is 2.82. The van der Waals surface area contributed by atoms with Crippen LogP contribution in [0.5, 0.6) is 0 Å². The van der Waals surface area contributed by atoms with Crippen molar-refractivity contribution in [2.75, 3.05) is 0 Å². The fourth-order valence-electron chi connectivity index (χ4n) is 1.03. The average Bonchev–Trinajstić information content (AvgIpc) is 2.05. The van der Waals surface area contributed by atoms with E-state index in [1.807, 2.05) is 0 Å². The number of aromatic nitrogens is 1. The molecule has 3 heteroatoms. The van der Waals surface area contributed by atoms with Gasteiger partial charge < -0.3 is 10.7 Å². The van der Waals surface area contributed by atoms with Gasteiger partial charge in [0, 0.05) is 17.8 Å². The average molecular weight is 164 g/mol. The summed E-state index contributed by atoms with van der Waals surface area (Å²) in [5.74, 6) is 0. The van der Waals surface area contributed by atoms with E-state index in [0.29, 0.717) is 12.0 Å². The topological polar surface area (TPSA) is 58.9 Å². The minimum Gasteiger partial charge on any atom is -0.329 e. The Balaban J connectivity index is 2.94.